The summed E-state index contributed by atoms with van der Waals surface area (Å²) in [6.07, 6.45) is 0.289. The Morgan fingerprint density at radius 3 is 3.00 bits per heavy atom. The number of amides is 1. The third-order valence-electron chi connectivity index (χ3n) is 0.747. The molecule has 1 unspecified atom stereocenters. The van der Waals surface area contributed by atoms with Crippen LogP contribution in [-0.2, 0) is 9.53 Å². The van der Waals surface area contributed by atoms with E-state index in [0.717, 1.165) is 6.40 Å². The Kier molecular flexibility index (Phi) is 1.07. The molecular formula is C4H4N2O2. The molecule has 0 fully saturated rings. The van der Waals surface area contributed by atoms with Crippen LogP contribution in [0.4, 0.5) is 0 Å². The molecule has 42 valence electrons. The summed E-state index contributed by atoms with van der Waals surface area (Å²) in [5.41, 5.74) is 0. The van der Waals surface area contributed by atoms with Crippen molar-refractivity contribution in [1.29, 1.82) is 0 Å². The van der Waals surface area contributed by atoms with Crippen molar-refractivity contribution in [1.82, 2.24) is 0 Å². The molecule has 1 rings (SSSR count). The minimum atomic E-state index is -0.782. The van der Waals surface area contributed by atoms with Gasteiger partial charge in [0.2, 0.25) is 0 Å². The zero-order chi connectivity index (χ0) is 5.98. The van der Waals surface area contributed by atoms with Crippen molar-refractivity contribution in [2.24, 2.45) is 9.98 Å². The zero-order valence-corrected chi connectivity index (χ0v) is 4.07. The number of carbonyl (C=O) groups excluding carboxylic acids is 1. The average Bonchev–Trinajstić information content (AvgIpc) is 2.14. The Morgan fingerprint density at radius 1 is 2.00 bits per heavy atom. The molecule has 0 N–H and O–H groups in total. The number of hydrogen-bond acceptors (Lipinski definition) is 3. The molecule has 1 amide bonds. The van der Waals surface area contributed by atoms with Crippen molar-refractivity contribution < 1.29 is 9.53 Å². The van der Waals surface area contributed by atoms with Crippen LogP contribution in [0.15, 0.2) is 9.98 Å². The molecule has 0 bridgehead atoms. The largest absolute Gasteiger partial charge is 0.449 e. The van der Waals surface area contributed by atoms with Crippen LogP contribution >= 0.6 is 0 Å². The summed E-state index contributed by atoms with van der Waals surface area (Å²) >= 11 is 0. The third kappa shape index (κ3) is 0.598. The summed E-state index contributed by atoms with van der Waals surface area (Å²) in [4.78, 5) is 16.9. The second-order valence-corrected chi connectivity index (χ2v) is 1.24. The van der Waals surface area contributed by atoms with Crippen LogP contribution in [0.1, 0.15) is 0 Å². The van der Waals surface area contributed by atoms with Gasteiger partial charge in [-0.2, -0.15) is 4.99 Å². The minimum Gasteiger partial charge on any atom is -0.449 e. The summed E-state index contributed by atoms with van der Waals surface area (Å²) in [6.45, 7) is 3.12. The monoisotopic (exact) mass is 112 g/mol. The second kappa shape index (κ2) is 1.73. The molecule has 1 atom stereocenters. The van der Waals surface area contributed by atoms with Gasteiger partial charge in [0.15, 0.2) is 6.40 Å². The van der Waals surface area contributed by atoms with E-state index in [0.29, 0.717) is 0 Å². The molecular weight excluding hydrogens is 108 g/mol. The molecule has 4 heteroatoms. The molecule has 1 aliphatic rings. The van der Waals surface area contributed by atoms with Gasteiger partial charge in [0.25, 0.3) is 6.23 Å². The van der Waals surface area contributed by atoms with E-state index in [9.17, 15) is 4.79 Å². The van der Waals surface area contributed by atoms with Crippen molar-refractivity contribution in [3.63, 3.8) is 0 Å². The highest BCUT2D eigenvalue weighted by molar-refractivity contribution is 5.91. The van der Waals surface area contributed by atoms with Crippen molar-refractivity contribution in [2.75, 3.05) is 0 Å². The standard InChI is InChI=1S/C4H4N2O2/c1-5-4-3(7)6-2-8-4/h2,4H,1H2. The van der Waals surface area contributed by atoms with Gasteiger partial charge in [-0.15, -0.1) is 0 Å². The topological polar surface area (TPSA) is 51.0 Å². The van der Waals surface area contributed by atoms with E-state index >= 15 is 0 Å². The highest BCUT2D eigenvalue weighted by atomic mass is 16.5. The first kappa shape index (κ1) is 4.96. The van der Waals surface area contributed by atoms with Gasteiger partial charge in [-0.1, -0.05) is 0 Å². The van der Waals surface area contributed by atoms with Crippen LogP contribution in [-0.4, -0.2) is 25.3 Å². The van der Waals surface area contributed by atoms with Gasteiger partial charge < -0.3 is 4.74 Å². The molecule has 0 saturated heterocycles. The van der Waals surface area contributed by atoms with Gasteiger partial charge >= 0.3 is 5.91 Å². The molecule has 0 aliphatic carbocycles. The number of rotatable bonds is 1. The van der Waals surface area contributed by atoms with Gasteiger partial charge in [-0.25, -0.2) is 4.99 Å². The summed E-state index contributed by atoms with van der Waals surface area (Å²) in [5, 5.41) is 0. The van der Waals surface area contributed by atoms with Crippen LogP contribution in [0.2, 0.25) is 0 Å². The molecule has 0 aromatic rings. The minimum absolute atomic E-state index is 0.389. The summed E-state index contributed by atoms with van der Waals surface area (Å²) in [5.74, 6) is -0.389. The highest BCUT2D eigenvalue weighted by Gasteiger charge is 2.19. The normalized spacial score (nSPS) is 25.5. The summed E-state index contributed by atoms with van der Waals surface area (Å²) in [6, 6.07) is 0. The highest BCUT2D eigenvalue weighted by Crippen LogP contribution is 1.99. The van der Waals surface area contributed by atoms with E-state index in [4.69, 9.17) is 0 Å². The van der Waals surface area contributed by atoms with Crippen molar-refractivity contribution >= 4 is 19.0 Å². The maximum absolute atomic E-state index is 10.3. The van der Waals surface area contributed by atoms with E-state index in [1.165, 1.54) is 0 Å². The molecule has 0 aromatic heterocycles. The molecule has 0 radical (unpaired) electrons. The number of ether oxygens (including phenoxy) is 1. The van der Waals surface area contributed by atoms with E-state index in [1.54, 1.807) is 0 Å². The molecule has 1 heterocycles. The maximum Gasteiger partial charge on any atom is 0.312 e. The second-order valence-electron chi connectivity index (χ2n) is 1.24. The Morgan fingerprint density at radius 2 is 2.75 bits per heavy atom. The van der Waals surface area contributed by atoms with Crippen molar-refractivity contribution in [3.8, 4) is 0 Å². The Bertz CT molecular complexity index is 152. The average molecular weight is 112 g/mol. The molecule has 8 heavy (non-hydrogen) atoms. The lowest BCUT2D eigenvalue weighted by Crippen LogP contribution is -2.11. The van der Waals surface area contributed by atoms with Crippen LogP contribution in [0.3, 0.4) is 0 Å². The predicted octanol–water partition coefficient (Wildman–Crippen LogP) is -0.402. The Labute approximate surface area is 45.9 Å². The van der Waals surface area contributed by atoms with Gasteiger partial charge in [0, 0.05) is 0 Å². The fourth-order valence-corrected chi connectivity index (χ4v) is 0.383. The molecule has 1 aliphatic heterocycles. The van der Waals surface area contributed by atoms with E-state index in [2.05, 4.69) is 21.4 Å². The lowest BCUT2D eigenvalue weighted by Gasteiger charge is -1.94. The number of nitrogens with zero attached hydrogens (tertiary/aromatic N) is 2. The van der Waals surface area contributed by atoms with E-state index < -0.39 is 6.23 Å². The maximum atomic E-state index is 10.3. The van der Waals surface area contributed by atoms with Gasteiger partial charge in [0.1, 0.15) is 0 Å². The Balaban J connectivity index is 2.63. The summed E-state index contributed by atoms with van der Waals surface area (Å²) < 4.78 is 4.54. The first-order valence-corrected chi connectivity index (χ1v) is 2.02. The molecule has 0 aromatic carbocycles. The van der Waals surface area contributed by atoms with Crippen LogP contribution in [0, 0.1) is 0 Å². The van der Waals surface area contributed by atoms with E-state index in [-0.39, 0.29) is 5.91 Å². The molecule has 0 saturated carbocycles. The zero-order valence-electron chi connectivity index (χ0n) is 4.07. The van der Waals surface area contributed by atoms with Crippen LogP contribution < -0.4 is 0 Å². The SMILES string of the molecule is C=NC1OC=NC1=O. The number of carbonyl (C=O) groups is 1. The van der Waals surface area contributed by atoms with Crippen LogP contribution in [0.5, 0.6) is 0 Å². The fourth-order valence-electron chi connectivity index (χ4n) is 0.383. The number of hydrogen-bond donors (Lipinski definition) is 0. The lowest BCUT2D eigenvalue weighted by molar-refractivity contribution is -0.122. The van der Waals surface area contributed by atoms with Gasteiger partial charge in [-0.05, 0) is 6.72 Å². The number of aliphatic imine (C=N–C) groups is 2. The lowest BCUT2D eigenvalue weighted by atomic mass is 10.6. The molecule has 0 spiro atoms. The van der Waals surface area contributed by atoms with Gasteiger partial charge in [-0.3, -0.25) is 4.79 Å². The van der Waals surface area contributed by atoms with Crippen molar-refractivity contribution in [3.05, 3.63) is 0 Å². The quantitative estimate of drug-likeness (QED) is 0.433. The van der Waals surface area contributed by atoms with Crippen LogP contribution in [0.25, 0.3) is 0 Å². The molecule has 4 nitrogen and oxygen atoms in total. The summed E-state index contributed by atoms with van der Waals surface area (Å²) in [7, 11) is 0. The fraction of sp³-hybridized carbons (Fsp3) is 0.250. The van der Waals surface area contributed by atoms with E-state index in [1.807, 2.05) is 0 Å². The predicted molar refractivity (Wildman–Crippen MR) is 27.9 cm³/mol. The first-order valence-electron chi connectivity index (χ1n) is 2.02. The first-order chi connectivity index (χ1) is 3.84. The third-order valence-corrected chi connectivity index (χ3v) is 0.747. The Hall–Kier alpha value is -1.19. The smallest absolute Gasteiger partial charge is 0.312 e. The van der Waals surface area contributed by atoms with Crippen molar-refractivity contribution in [2.45, 2.75) is 6.23 Å². The van der Waals surface area contributed by atoms with Gasteiger partial charge in [0.05, 0.1) is 0 Å².